The minimum absolute atomic E-state index is 0.179. The van der Waals surface area contributed by atoms with Crippen LogP contribution in [0.15, 0.2) is 72.0 Å². The van der Waals surface area contributed by atoms with Gasteiger partial charge in [-0.25, -0.2) is 14.6 Å². The summed E-state index contributed by atoms with van der Waals surface area (Å²) in [5.74, 6) is 0.812. The van der Waals surface area contributed by atoms with Gasteiger partial charge in [0.05, 0.1) is 23.5 Å². The standard InChI is InChI=1S/C22H22ClN5S/c1-29-22-26-20(24-13-12-16-8-4-2-5-9-16)18-14-25-28(21(18)27-22)15-19(23)17-10-6-3-7-11-17/h2-11,14,19H,12-13,15H2,1H3,(H,24,26,27)/t19-/m0/s1. The number of hydrogen-bond acceptors (Lipinski definition) is 5. The van der Waals surface area contributed by atoms with Crippen molar-refractivity contribution in [3.8, 4) is 0 Å². The van der Waals surface area contributed by atoms with Crippen molar-refractivity contribution in [2.24, 2.45) is 0 Å². The van der Waals surface area contributed by atoms with Crippen LogP contribution in [0.5, 0.6) is 0 Å². The van der Waals surface area contributed by atoms with Crippen LogP contribution < -0.4 is 5.32 Å². The fourth-order valence-electron chi connectivity index (χ4n) is 3.18. The number of nitrogens with zero attached hydrogens (tertiary/aromatic N) is 4. The highest BCUT2D eigenvalue weighted by Gasteiger charge is 2.16. The number of halogens is 1. The maximum atomic E-state index is 6.64. The van der Waals surface area contributed by atoms with Gasteiger partial charge in [0.1, 0.15) is 5.82 Å². The van der Waals surface area contributed by atoms with Crippen molar-refractivity contribution in [1.29, 1.82) is 0 Å². The second-order valence-electron chi connectivity index (χ2n) is 6.66. The average molecular weight is 424 g/mol. The van der Waals surface area contributed by atoms with Gasteiger partial charge in [-0.2, -0.15) is 5.10 Å². The molecular weight excluding hydrogens is 402 g/mol. The summed E-state index contributed by atoms with van der Waals surface area (Å²) >= 11 is 8.16. The zero-order valence-electron chi connectivity index (χ0n) is 16.1. The fourth-order valence-corrected chi connectivity index (χ4v) is 3.82. The minimum atomic E-state index is -0.179. The number of alkyl halides is 1. The first-order valence-electron chi connectivity index (χ1n) is 9.49. The summed E-state index contributed by atoms with van der Waals surface area (Å²) in [6.45, 7) is 1.33. The van der Waals surface area contributed by atoms with Crippen LogP contribution in [-0.2, 0) is 13.0 Å². The molecule has 2 aromatic carbocycles. The largest absolute Gasteiger partial charge is 0.369 e. The minimum Gasteiger partial charge on any atom is -0.369 e. The molecule has 0 aliphatic heterocycles. The van der Waals surface area contributed by atoms with Gasteiger partial charge >= 0.3 is 0 Å². The highest BCUT2D eigenvalue weighted by molar-refractivity contribution is 7.98. The molecule has 0 amide bonds. The Labute approximate surface area is 179 Å². The van der Waals surface area contributed by atoms with E-state index in [1.165, 1.54) is 17.3 Å². The molecule has 0 radical (unpaired) electrons. The van der Waals surface area contributed by atoms with Crippen LogP contribution in [0, 0.1) is 0 Å². The first-order valence-corrected chi connectivity index (χ1v) is 11.1. The lowest BCUT2D eigenvalue weighted by atomic mass is 10.1. The molecule has 2 heterocycles. The summed E-state index contributed by atoms with van der Waals surface area (Å²) < 4.78 is 1.86. The van der Waals surface area contributed by atoms with E-state index in [1.54, 1.807) is 0 Å². The smallest absolute Gasteiger partial charge is 0.191 e. The number of anilines is 1. The summed E-state index contributed by atoms with van der Waals surface area (Å²) in [5.41, 5.74) is 3.16. The average Bonchev–Trinajstić information content (AvgIpc) is 3.17. The number of thioether (sulfide) groups is 1. The molecule has 148 valence electrons. The quantitative estimate of drug-likeness (QED) is 0.240. The Kier molecular flexibility index (Phi) is 6.32. The van der Waals surface area contributed by atoms with E-state index in [1.807, 2.05) is 53.5 Å². The van der Waals surface area contributed by atoms with Crippen LogP contribution >= 0.6 is 23.4 Å². The van der Waals surface area contributed by atoms with E-state index in [9.17, 15) is 0 Å². The molecule has 4 rings (SSSR count). The molecule has 29 heavy (non-hydrogen) atoms. The Morgan fingerprint density at radius 2 is 1.76 bits per heavy atom. The van der Waals surface area contributed by atoms with Crippen molar-refractivity contribution in [2.45, 2.75) is 23.5 Å². The molecule has 0 saturated heterocycles. The second-order valence-corrected chi connectivity index (χ2v) is 7.96. The third-order valence-electron chi connectivity index (χ3n) is 4.70. The molecule has 0 saturated carbocycles. The van der Waals surface area contributed by atoms with Crippen LogP contribution in [0.2, 0.25) is 0 Å². The van der Waals surface area contributed by atoms with Crippen molar-refractivity contribution in [3.05, 3.63) is 78.0 Å². The molecule has 1 N–H and O–H groups in total. The van der Waals surface area contributed by atoms with E-state index < -0.39 is 0 Å². The van der Waals surface area contributed by atoms with Gasteiger partial charge in [0.2, 0.25) is 0 Å². The summed E-state index contributed by atoms with van der Waals surface area (Å²) in [6, 6.07) is 20.4. The van der Waals surface area contributed by atoms with Gasteiger partial charge in [-0.15, -0.1) is 11.6 Å². The first kappa shape index (κ1) is 19.7. The van der Waals surface area contributed by atoms with Crippen molar-refractivity contribution < 1.29 is 0 Å². The summed E-state index contributed by atoms with van der Waals surface area (Å²) in [7, 11) is 0. The van der Waals surface area contributed by atoms with Gasteiger partial charge in [0, 0.05) is 6.54 Å². The maximum Gasteiger partial charge on any atom is 0.191 e. The van der Waals surface area contributed by atoms with E-state index >= 15 is 0 Å². The van der Waals surface area contributed by atoms with Gasteiger partial charge in [-0.05, 0) is 23.8 Å². The van der Waals surface area contributed by atoms with Gasteiger partial charge in [0.25, 0.3) is 0 Å². The third kappa shape index (κ3) is 4.71. The van der Waals surface area contributed by atoms with Gasteiger partial charge in [-0.3, -0.25) is 0 Å². The SMILES string of the molecule is CSc1nc(NCCc2ccccc2)c2cnn(C[C@H](Cl)c3ccccc3)c2n1. The van der Waals surface area contributed by atoms with E-state index in [4.69, 9.17) is 11.6 Å². The Hall–Kier alpha value is -2.57. The van der Waals surface area contributed by atoms with Crippen LogP contribution in [-0.4, -0.2) is 32.5 Å². The zero-order chi connectivity index (χ0) is 20.1. The first-order chi connectivity index (χ1) is 14.2. The lowest BCUT2D eigenvalue weighted by molar-refractivity contribution is 0.613. The van der Waals surface area contributed by atoms with Crippen LogP contribution in [0.25, 0.3) is 11.0 Å². The predicted molar refractivity (Wildman–Crippen MR) is 121 cm³/mol. The molecule has 0 fully saturated rings. The molecule has 0 aliphatic rings. The van der Waals surface area contributed by atoms with E-state index in [-0.39, 0.29) is 5.38 Å². The molecule has 2 aromatic heterocycles. The molecule has 0 spiro atoms. The topological polar surface area (TPSA) is 55.6 Å². The lowest BCUT2D eigenvalue weighted by Crippen LogP contribution is -2.09. The Bertz CT molecular complexity index is 1070. The zero-order valence-corrected chi connectivity index (χ0v) is 17.7. The highest BCUT2D eigenvalue weighted by Crippen LogP contribution is 2.27. The van der Waals surface area contributed by atoms with Crippen molar-refractivity contribution in [3.63, 3.8) is 0 Å². The monoisotopic (exact) mass is 423 g/mol. The Morgan fingerprint density at radius 3 is 2.48 bits per heavy atom. The third-order valence-corrected chi connectivity index (χ3v) is 5.64. The number of rotatable bonds is 8. The number of aromatic nitrogens is 4. The van der Waals surface area contributed by atoms with E-state index in [2.05, 4.69) is 44.6 Å². The van der Waals surface area contributed by atoms with Gasteiger partial charge < -0.3 is 5.32 Å². The summed E-state index contributed by atoms with van der Waals surface area (Å²) in [5, 5.41) is 9.45. The van der Waals surface area contributed by atoms with Crippen molar-refractivity contribution in [1.82, 2.24) is 19.7 Å². The molecule has 5 nitrogen and oxygen atoms in total. The van der Waals surface area contributed by atoms with Crippen LogP contribution in [0.4, 0.5) is 5.82 Å². The van der Waals surface area contributed by atoms with E-state index in [0.717, 1.165) is 35.4 Å². The summed E-state index contributed by atoms with van der Waals surface area (Å²) in [6.07, 6.45) is 4.72. The Morgan fingerprint density at radius 1 is 1.03 bits per heavy atom. The normalized spacial score (nSPS) is 12.2. The second kappa shape index (κ2) is 9.29. The van der Waals surface area contributed by atoms with Crippen molar-refractivity contribution >= 4 is 40.2 Å². The number of nitrogens with one attached hydrogen (secondary N) is 1. The van der Waals surface area contributed by atoms with Gasteiger partial charge in [0.15, 0.2) is 10.8 Å². The predicted octanol–water partition coefficient (Wildman–Crippen LogP) is 5.18. The molecular formula is C22H22ClN5S. The molecule has 0 bridgehead atoms. The molecule has 0 unspecified atom stereocenters. The molecule has 0 aliphatic carbocycles. The van der Waals surface area contributed by atoms with Crippen LogP contribution in [0.3, 0.4) is 0 Å². The van der Waals surface area contributed by atoms with E-state index in [0.29, 0.717) is 11.7 Å². The highest BCUT2D eigenvalue weighted by atomic mass is 35.5. The lowest BCUT2D eigenvalue weighted by Gasteiger charge is -2.12. The van der Waals surface area contributed by atoms with Crippen LogP contribution in [0.1, 0.15) is 16.5 Å². The Balaban J connectivity index is 1.56. The maximum absolute atomic E-state index is 6.64. The molecule has 7 heteroatoms. The number of benzene rings is 2. The fraction of sp³-hybridized carbons (Fsp3) is 0.227. The summed E-state index contributed by atoms with van der Waals surface area (Å²) in [4.78, 5) is 9.34. The molecule has 4 aromatic rings. The molecule has 1 atom stereocenters. The number of hydrogen-bond donors (Lipinski definition) is 1. The van der Waals surface area contributed by atoms with Crippen molar-refractivity contribution in [2.75, 3.05) is 18.1 Å². The van der Waals surface area contributed by atoms with Gasteiger partial charge in [-0.1, -0.05) is 72.4 Å². The number of fused-ring (bicyclic) bond motifs is 1.